The number of rotatable bonds is 4. The number of hydrogen-bond donors (Lipinski definition) is 0. The maximum atomic E-state index is 5.26. The average molecular weight is 366 g/mol. The molecule has 0 spiro atoms. The quantitative estimate of drug-likeness (QED) is 0.468. The molecule has 5 aromatic rings. The van der Waals surface area contributed by atoms with Crippen LogP contribution in [-0.4, -0.2) is 26.9 Å². The van der Waals surface area contributed by atoms with Gasteiger partial charge in [-0.25, -0.2) is 0 Å². The van der Waals surface area contributed by atoms with E-state index in [0.29, 0.717) is 0 Å². The zero-order valence-electron chi connectivity index (χ0n) is 15.4. The van der Waals surface area contributed by atoms with Crippen LogP contribution in [0.4, 0.5) is 0 Å². The molecule has 28 heavy (non-hydrogen) atoms. The SMILES string of the molecule is COc1ccc(-c2nnc3c4ccccc4c(Cc4ccccc4)nn23)cc1. The highest BCUT2D eigenvalue weighted by molar-refractivity contribution is 5.95. The molecular weight excluding hydrogens is 348 g/mol. The van der Waals surface area contributed by atoms with Gasteiger partial charge in [-0.2, -0.15) is 9.61 Å². The van der Waals surface area contributed by atoms with Gasteiger partial charge in [-0.3, -0.25) is 0 Å². The van der Waals surface area contributed by atoms with Crippen LogP contribution in [0.3, 0.4) is 0 Å². The average Bonchev–Trinajstić information content (AvgIpc) is 3.19. The molecule has 0 saturated carbocycles. The minimum atomic E-state index is 0.720. The summed E-state index contributed by atoms with van der Waals surface area (Å²) in [5.74, 6) is 1.53. The Morgan fingerprint density at radius 3 is 2.25 bits per heavy atom. The van der Waals surface area contributed by atoms with Crippen LogP contribution in [0.5, 0.6) is 5.75 Å². The molecule has 0 N–H and O–H groups in total. The number of fused-ring (bicyclic) bond motifs is 3. The summed E-state index contributed by atoms with van der Waals surface area (Å²) in [4.78, 5) is 0. The van der Waals surface area contributed by atoms with Crippen molar-refractivity contribution in [3.8, 4) is 17.1 Å². The third kappa shape index (κ3) is 2.77. The van der Waals surface area contributed by atoms with E-state index >= 15 is 0 Å². The Morgan fingerprint density at radius 1 is 0.786 bits per heavy atom. The Bertz CT molecular complexity index is 1260. The molecule has 3 aromatic carbocycles. The summed E-state index contributed by atoms with van der Waals surface area (Å²) in [5.41, 5.74) is 3.93. The monoisotopic (exact) mass is 366 g/mol. The highest BCUT2D eigenvalue weighted by atomic mass is 16.5. The number of benzene rings is 3. The second kappa shape index (κ2) is 6.78. The predicted molar refractivity (Wildman–Crippen MR) is 110 cm³/mol. The fourth-order valence-electron chi connectivity index (χ4n) is 3.49. The molecule has 0 fully saturated rings. The van der Waals surface area contributed by atoms with E-state index in [1.54, 1.807) is 7.11 Å². The number of ether oxygens (including phenoxy) is 1. The van der Waals surface area contributed by atoms with Crippen molar-refractivity contribution in [3.63, 3.8) is 0 Å². The van der Waals surface area contributed by atoms with Gasteiger partial charge in [0.15, 0.2) is 11.5 Å². The first-order valence-electron chi connectivity index (χ1n) is 9.15. The lowest BCUT2D eigenvalue weighted by atomic mass is 10.0. The topological polar surface area (TPSA) is 52.3 Å². The zero-order chi connectivity index (χ0) is 18.9. The lowest BCUT2D eigenvalue weighted by molar-refractivity contribution is 0.415. The molecule has 0 bridgehead atoms. The summed E-state index contributed by atoms with van der Waals surface area (Å²) >= 11 is 0. The third-order valence-corrected chi connectivity index (χ3v) is 4.90. The Kier molecular flexibility index (Phi) is 3.98. The molecule has 5 nitrogen and oxygen atoms in total. The number of aromatic nitrogens is 4. The number of hydrogen-bond acceptors (Lipinski definition) is 4. The summed E-state index contributed by atoms with van der Waals surface area (Å²) in [7, 11) is 1.66. The van der Waals surface area contributed by atoms with E-state index in [1.807, 2.05) is 47.0 Å². The van der Waals surface area contributed by atoms with Gasteiger partial charge in [-0.15, -0.1) is 10.2 Å². The molecule has 136 valence electrons. The summed E-state index contributed by atoms with van der Waals surface area (Å²) in [6.45, 7) is 0. The first-order valence-corrected chi connectivity index (χ1v) is 9.15. The van der Waals surface area contributed by atoms with Crippen LogP contribution in [0.1, 0.15) is 11.3 Å². The van der Waals surface area contributed by atoms with Gasteiger partial charge in [0.2, 0.25) is 0 Å². The van der Waals surface area contributed by atoms with Gasteiger partial charge in [-0.1, -0.05) is 54.6 Å². The molecule has 0 aliphatic carbocycles. The first kappa shape index (κ1) is 16.4. The molecule has 0 radical (unpaired) electrons. The van der Waals surface area contributed by atoms with E-state index in [9.17, 15) is 0 Å². The van der Waals surface area contributed by atoms with Crippen molar-refractivity contribution in [1.82, 2.24) is 19.8 Å². The first-order chi connectivity index (χ1) is 13.8. The van der Waals surface area contributed by atoms with Crippen molar-refractivity contribution in [2.24, 2.45) is 0 Å². The van der Waals surface area contributed by atoms with Crippen LogP contribution in [0.25, 0.3) is 27.8 Å². The van der Waals surface area contributed by atoms with E-state index in [-0.39, 0.29) is 0 Å². The maximum Gasteiger partial charge on any atom is 0.186 e. The van der Waals surface area contributed by atoms with E-state index in [0.717, 1.165) is 45.7 Å². The number of nitrogens with zero attached hydrogens (tertiary/aromatic N) is 4. The fraction of sp³-hybridized carbons (Fsp3) is 0.0870. The van der Waals surface area contributed by atoms with Gasteiger partial charge in [0.25, 0.3) is 0 Å². The second-order valence-corrected chi connectivity index (χ2v) is 6.64. The van der Waals surface area contributed by atoms with E-state index < -0.39 is 0 Å². The van der Waals surface area contributed by atoms with Crippen molar-refractivity contribution in [3.05, 3.63) is 90.1 Å². The summed E-state index contributed by atoms with van der Waals surface area (Å²) in [6.07, 6.45) is 0.748. The summed E-state index contributed by atoms with van der Waals surface area (Å²) < 4.78 is 7.11. The minimum Gasteiger partial charge on any atom is -0.497 e. The molecule has 5 heteroatoms. The third-order valence-electron chi connectivity index (χ3n) is 4.90. The molecule has 2 heterocycles. The van der Waals surface area contributed by atoms with Crippen molar-refractivity contribution >= 4 is 16.4 Å². The second-order valence-electron chi connectivity index (χ2n) is 6.64. The molecule has 0 aliphatic heterocycles. The van der Waals surface area contributed by atoms with Crippen molar-refractivity contribution in [2.75, 3.05) is 7.11 Å². The van der Waals surface area contributed by atoms with Gasteiger partial charge in [0, 0.05) is 22.8 Å². The normalized spacial score (nSPS) is 11.2. The Hall–Kier alpha value is -3.73. The lowest BCUT2D eigenvalue weighted by Gasteiger charge is -2.09. The van der Waals surface area contributed by atoms with Crippen LogP contribution in [-0.2, 0) is 6.42 Å². The molecule has 0 saturated heterocycles. The molecule has 0 atom stereocenters. The maximum absolute atomic E-state index is 5.26. The lowest BCUT2D eigenvalue weighted by Crippen LogP contribution is -2.03. The van der Waals surface area contributed by atoms with E-state index in [2.05, 4.69) is 46.6 Å². The van der Waals surface area contributed by atoms with Crippen LogP contribution in [0.2, 0.25) is 0 Å². The standard InChI is InChI=1S/C23H18N4O/c1-28-18-13-11-17(12-14-18)22-24-25-23-20-10-6-5-9-19(20)21(26-27(22)23)15-16-7-3-2-4-8-16/h2-14H,15H2,1H3. The largest absolute Gasteiger partial charge is 0.497 e. The van der Waals surface area contributed by atoms with Crippen molar-refractivity contribution in [1.29, 1.82) is 0 Å². The highest BCUT2D eigenvalue weighted by Gasteiger charge is 2.15. The van der Waals surface area contributed by atoms with Gasteiger partial charge >= 0.3 is 0 Å². The number of methoxy groups -OCH3 is 1. The smallest absolute Gasteiger partial charge is 0.186 e. The zero-order valence-corrected chi connectivity index (χ0v) is 15.4. The Morgan fingerprint density at radius 2 is 1.50 bits per heavy atom. The molecule has 5 rings (SSSR count). The van der Waals surface area contributed by atoms with Gasteiger partial charge in [0.05, 0.1) is 12.8 Å². The highest BCUT2D eigenvalue weighted by Crippen LogP contribution is 2.27. The van der Waals surface area contributed by atoms with Crippen LogP contribution < -0.4 is 4.74 Å². The van der Waals surface area contributed by atoms with E-state index in [1.165, 1.54) is 5.56 Å². The van der Waals surface area contributed by atoms with Crippen molar-refractivity contribution in [2.45, 2.75) is 6.42 Å². The predicted octanol–water partition coefficient (Wildman–Crippen LogP) is 4.54. The van der Waals surface area contributed by atoms with Gasteiger partial charge < -0.3 is 4.74 Å². The fourth-order valence-corrected chi connectivity index (χ4v) is 3.49. The van der Waals surface area contributed by atoms with E-state index in [4.69, 9.17) is 9.84 Å². The Balaban J connectivity index is 1.72. The van der Waals surface area contributed by atoms with Crippen LogP contribution in [0, 0.1) is 0 Å². The molecular formula is C23H18N4O. The van der Waals surface area contributed by atoms with Crippen LogP contribution >= 0.6 is 0 Å². The summed E-state index contributed by atoms with van der Waals surface area (Å²) in [5, 5.41) is 16.0. The minimum absolute atomic E-state index is 0.720. The summed E-state index contributed by atoms with van der Waals surface area (Å²) in [6, 6.07) is 26.4. The molecule has 0 aliphatic rings. The van der Waals surface area contributed by atoms with Crippen LogP contribution in [0.15, 0.2) is 78.9 Å². The molecule has 2 aromatic heterocycles. The van der Waals surface area contributed by atoms with Crippen molar-refractivity contribution < 1.29 is 4.74 Å². The molecule has 0 unspecified atom stereocenters. The van der Waals surface area contributed by atoms with Gasteiger partial charge in [0.1, 0.15) is 5.75 Å². The molecule has 0 amide bonds. The Labute approximate surface area is 162 Å². The van der Waals surface area contributed by atoms with Gasteiger partial charge in [-0.05, 0) is 29.8 Å².